The van der Waals surface area contributed by atoms with Gasteiger partial charge in [-0.3, -0.25) is 19.6 Å². The van der Waals surface area contributed by atoms with Crippen molar-refractivity contribution in [1.82, 2.24) is 0 Å². The molecule has 0 aromatic carbocycles. The topological polar surface area (TPSA) is 220 Å². The lowest BCUT2D eigenvalue weighted by molar-refractivity contribution is -0.135. The highest BCUT2D eigenvalue weighted by molar-refractivity contribution is 8.14. The number of thioether (sulfide) groups is 2. The van der Waals surface area contributed by atoms with Crippen LogP contribution in [-0.4, -0.2) is 95.9 Å². The SMILES string of the molecule is NC1=NC(CCCC2CSC(N)=N2)CS1.O=C(O)CS(=O)(=O)CCS(=O)(=O)CC(=O)O. The third-order valence-electron chi connectivity index (χ3n) is 3.93. The molecular formula is C15H26N4O8S4. The van der Waals surface area contributed by atoms with Crippen LogP contribution in [0.15, 0.2) is 9.98 Å². The number of carbonyl (C=O) groups is 2. The molecule has 178 valence electrons. The number of carboxylic acid groups (broad SMARTS) is 2. The molecule has 0 aromatic rings. The molecule has 0 spiro atoms. The van der Waals surface area contributed by atoms with E-state index in [4.69, 9.17) is 21.7 Å². The minimum Gasteiger partial charge on any atom is -0.480 e. The van der Waals surface area contributed by atoms with Gasteiger partial charge in [-0.1, -0.05) is 23.5 Å². The molecule has 0 bridgehead atoms. The van der Waals surface area contributed by atoms with Gasteiger partial charge in [0, 0.05) is 11.5 Å². The fourth-order valence-corrected chi connectivity index (χ4v) is 7.26. The van der Waals surface area contributed by atoms with E-state index >= 15 is 0 Å². The first-order valence-corrected chi connectivity index (χ1v) is 14.7. The van der Waals surface area contributed by atoms with Crippen molar-refractivity contribution < 1.29 is 36.6 Å². The van der Waals surface area contributed by atoms with Gasteiger partial charge in [0.15, 0.2) is 30.0 Å². The maximum Gasteiger partial charge on any atom is 0.318 e. The number of sulfone groups is 2. The van der Waals surface area contributed by atoms with Gasteiger partial charge >= 0.3 is 11.9 Å². The highest BCUT2D eigenvalue weighted by Crippen LogP contribution is 2.23. The maximum atomic E-state index is 11.0. The van der Waals surface area contributed by atoms with Gasteiger partial charge in [-0.15, -0.1) is 0 Å². The number of nitrogens with zero attached hydrogens (tertiary/aromatic N) is 2. The molecule has 2 rings (SSSR count). The minimum absolute atomic E-state index is 0.436. The highest BCUT2D eigenvalue weighted by Gasteiger charge is 2.22. The zero-order valence-electron chi connectivity index (χ0n) is 16.5. The van der Waals surface area contributed by atoms with E-state index in [0.29, 0.717) is 12.1 Å². The van der Waals surface area contributed by atoms with Crippen molar-refractivity contribution in [2.45, 2.75) is 31.3 Å². The van der Waals surface area contributed by atoms with E-state index in [1.165, 1.54) is 6.42 Å². The van der Waals surface area contributed by atoms with Crippen LogP contribution in [0, 0.1) is 0 Å². The molecular weight excluding hydrogens is 492 g/mol. The lowest BCUT2D eigenvalue weighted by atomic mass is 10.1. The number of aliphatic imine (C=N–C) groups is 2. The number of rotatable bonds is 11. The molecule has 2 aliphatic heterocycles. The quantitative estimate of drug-likeness (QED) is 0.259. The van der Waals surface area contributed by atoms with Crippen LogP contribution in [0.25, 0.3) is 0 Å². The van der Waals surface area contributed by atoms with E-state index in [1.807, 2.05) is 0 Å². The van der Waals surface area contributed by atoms with E-state index < -0.39 is 54.6 Å². The molecule has 6 N–H and O–H groups in total. The Balaban J connectivity index is 0.000000310. The number of nitrogens with two attached hydrogens (primary N) is 2. The first kappa shape index (κ1) is 27.5. The first-order valence-electron chi connectivity index (χ1n) is 9.04. The second kappa shape index (κ2) is 12.5. The van der Waals surface area contributed by atoms with Gasteiger partial charge < -0.3 is 21.7 Å². The van der Waals surface area contributed by atoms with Crippen LogP contribution in [0.3, 0.4) is 0 Å². The van der Waals surface area contributed by atoms with Gasteiger partial charge in [0.2, 0.25) is 0 Å². The Kier molecular flexibility index (Phi) is 11.1. The molecule has 0 radical (unpaired) electrons. The fourth-order valence-electron chi connectivity index (χ4n) is 2.53. The molecule has 0 saturated carbocycles. The third-order valence-corrected chi connectivity index (χ3v) is 9.12. The van der Waals surface area contributed by atoms with Gasteiger partial charge in [0.1, 0.15) is 11.5 Å². The number of hydrogen-bond donors (Lipinski definition) is 4. The smallest absolute Gasteiger partial charge is 0.318 e. The molecule has 16 heteroatoms. The van der Waals surface area contributed by atoms with Crippen LogP contribution in [0.5, 0.6) is 0 Å². The van der Waals surface area contributed by atoms with Gasteiger partial charge in [-0.2, -0.15) is 0 Å². The lowest BCUT2D eigenvalue weighted by Crippen LogP contribution is -2.26. The van der Waals surface area contributed by atoms with Gasteiger partial charge in [-0.25, -0.2) is 16.8 Å². The van der Waals surface area contributed by atoms with E-state index in [0.717, 1.165) is 34.7 Å². The largest absolute Gasteiger partial charge is 0.480 e. The van der Waals surface area contributed by atoms with Crippen molar-refractivity contribution >= 4 is 65.5 Å². The van der Waals surface area contributed by atoms with Gasteiger partial charge in [0.25, 0.3) is 0 Å². The molecule has 2 heterocycles. The predicted octanol–water partition coefficient (Wildman–Crippen LogP) is -0.998. The molecule has 2 unspecified atom stereocenters. The Morgan fingerprint density at radius 2 is 1.19 bits per heavy atom. The summed E-state index contributed by atoms with van der Waals surface area (Å²) >= 11 is 3.33. The summed E-state index contributed by atoms with van der Waals surface area (Å²) in [7, 11) is -8.04. The average Bonchev–Trinajstić information content (AvgIpc) is 3.20. The third kappa shape index (κ3) is 12.8. The normalized spacial score (nSPS) is 21.0. The summed E-state index contributed by atoms with van der Waals surface area (Å²) in [4.78, 5) is 28.9. The monoisotopic (exact) mass is 518 g/mol. The Morgan fingerprint density at radius 1 is 0.839 bits per heavy atom. The molecule has 0 aliphatic carbocycles. The molecule has 2 aliphatic rings. The average molecular weight is 519 g/mol. The van der Waals surface area contributed by atoms with Crippen molar-refractivity contribution in [3.63, 3.8) is 0 Å². The summed E-state index contributed by atoms with van der Waals surface area (Å²) in [6.07, 6.45) is 3.43. The van der Waals surface area contributed by atoms with Crippen LogP contribution in [0.1, 0.15) is 19.3 Å². The van der Waals surface area contributed by atoms with Crippen LogP contribution >= 0.6 is 23.5 Å². The van der Waals surface area contributed by atoms with E-state index in [-0.39, 0.29) is 0 Å². The molecule has 0 saturated heterocycles. The summed E-state index contributed by atoms with van der Waals surface area (Å²) in [6, 6.07) is 0.871. The number of amidine groups is 2. The number of carboxylic acids is 2. The van der Waals surface area contributed by atoms with Gasteiger partial charge in [0.05, 0.1) is 23.6 Å². The van der Waals surface area contributed by atoms with Crippen molar-refractivity contribution in [3.8, 4) is 0 Å². The summed E-state index contributed by atoms with van der Waals surface area (Å²) in [5.41, 5.74) is 11.2. The van der Waals surface area contributed by atoms with Crippen LogP contribution in [0.2, 0.25) is 0 Å². The van der Waals surface area contributed by atoms with E-state index in [9.17, 15) is 26.4 Å². The standard InChI is InChI=1S/C9H16N4S2.C6H10O8S2/c10-8-12-6(4-14-8)2-1-3-7-5-15-9(11)13-7;7-5(8)3-15(11,12)1-2-16(13,14)4-6(9)10/h6-7H,1-5H2,(H2,10,12)(H2,11,13);1-4H2,(H,7,8)(H,9,10). The van der Waals surface area contributed by atoms with Crippen LogP contribution in [-0.2, 0) is 29.3 Å². The van der Waals surface area contributed by atoms with Crippen molar-refractivity contribution in [2.24, 2.45) is 21.5 Å². The lowest BCUT2D eigenvalue weighted by Gasteiger charge is -2.07. The maximum absolute atomic E-state index is 11.0. The second-order valence-corrected chi connectivity index (χ2v) is 13.2. The Labute approximate surface area is 189 Å². The summed E-state index contributed by atoms with van der Waals surface area (Å²) in [5, 5.41) is 17.9. The number of hydrogen-bond acceptors (Lipinski definition) is 12. The summed E-state index contributed by atoms with van der Waals surface area (Å²) in [6.45, 7) is 0. The Bertz CT molecular complexity index is 843. The highest BCUT2D eigenvalue weighted by atomic mass is 32.2. The zero-order valence-corrected chi connectivity index (χ0v) is 19.8. The van der Waals surface area contributed by atoms with Crippen LogP contribution < -0.4 is 11.5 Å². The number of aliphatic carboxylic acids is 2. The van der Waals surface area contributed by atoms with E-state index in [1.54, 1.807) is 23.5 Å². The van der Waals surface area contributed by atoms with Crippen molar-refractivity contribution in [1.29, 1.82) is 0 Å². The molecule has 0 fully saturated rings. The Morgan fingerprint density at radius 3 is 1.45 bits per heavy atom. The minimum atomic E-state index is -4.02. The van der Waals surface area contributed by atoms with Crippen molar-refractivity contribution in [2.75, 3.05) is 34.5 Å². The Hall–Kier alpha value is -1.52. The fraction of sp³-hybridized carbons (Fsp3) is 0.733. The van der Waals surface area contributed by atoms with Crippen molar-refractivity contribution in [3.05, 3.63) is 0 Å². The molecule has 0 amide bonds. The summed E-state index contributed by atoms with van der Waals surface area (Å²) < 4.78 is 43.9. The van der Waals surface area contributed by atoms with Gasteiger partial charge in [-0.05, 0) is 19.3 Å². The predicted molar refractivity (Wildman–Crippen MR) is 122 cm³/mol. The molecule has 31 heavy (non-hydrogen) atoms. The molecule has 2 atom stereocenters. The summed E-state index contributed by atoms with van der Waals surface area (Å²) in [5.74, 6) is -5.20. The molecule has 0 aromatic heterocycles. The van der Waals surface area contributed by atoms with E-state index in [2.05, 4.69) is 9.98 Å². The second-order valence-electron chi connectivity index (χ2n) is 6.77. The first-order chi connectivity index (χ1) is 14.3. The molecule has 12 nitrogen and oxygen atoms in total. The van der Waals surface area contributed by atoms with Crippen LogP contribution in [0.4, 0.5) is 0 Å². The zero-order chi connectivity index (χ0) is 23.7.